The van der Waals surface area contributed by atoms with Crippen molar-refractivity contribution in [1.29, 1.82) is 0 Å². The first-order chi connectivity index (χ1) is 16.8. The van der Waals surface area contributed by atoms with Gasteiger partial charge in [0.05, 0.1) is 10.0 Å². The van der Waals surface area contributed by atoms with Gasteiger partial charge in [0, 0.05) is 16.8 Å². The van der Waals surface area contributed by atoms with E-state index >= 15 is 0 Å². The Morgan fingerprint density at radius 3 is 2.71 bits per heavy atom. The zero-order chi connectivity index (χ0) is 25.0. The number of hydrogen-bond acceptors (Lipinski definition) is 4. The summed E-state index contributed by atoms with van der Waals surface area (Å²) >= 11 is 5.22. The van der Waals surface area contributed by atoms with Gasteiger partial charge < -0.3 is 10.1 Å². The minimum Gasteiger partial charge on any atom is -0.488 e. The lowest BCUT2D eigenvalue weighted by Gasteiger charge is -2.33. The molecule has 182 valence electrons. The summed E-state index contributed by atoms with van der Waals surface area (Å²) in [6.07, 6.45) is 6.51. The first-order valence-electron chi connectivity index (χ1n) is 11.8. The average molecular weight is 552 g/mol. The first-order valence-corrected chi connectivity index (χ1v) is 13.5. The molecule has 0 saturated carbocycles. The molecule has 1 heterocycles. The third-order valence-electron chi connectivity index (χ3n) is 6.37. The average Bonchev–Trinajstić information content (AvgIpc) is 3.20. The summed E-state index contributed by atoms with van der Waals surface area (Å²) < 4.78 is 6.49. The Bertz CT molecular complexity index is 1240. The SMILES string of the molecule is C=CCOc1ccc(C=Nc2sc3c(c2C(=O)Nc2ccccc2)CC[C@H](C(C)(C)C)C3)cc1Br. The molecule has 0 spiro atoms. The maximum atomic E-state index is 13.4. The van der Waals surface area contributed by atoms with Gasteiger partial charge in [0.15, 0.2) is 0 Å². The van der Waals surface area contributed by atoms with Gasteiger partial charge in [0.25, 0.3) is 5.91 Å². The topological polar surface area (TPSA) is 50.7 Å². The zero-order valence-corrected chi connectivity index (χ0v) is 22.8. The number of benzene rings is 2. The number of anilines is 1. The monoisotopic (exact) mass is 550 g/mol. The summed E-state index contributed by atoms with van der Waals surface area (Å²) in [6.45, 7) is 11.0. The Balaban J connectivity index is 1.66. The maximum Gasteiger partial charge on any atom is 0.259 e. The van der Waals surface area contributed by atoms with Crippen LogP contribution in [0.25, 0.3) is 0 Å². The fourth-order valence-electron chi connectivity index (χ4n) is 4.35. The van der Waals surface area contributed by atoms with E-state index in [2.05, 4.69) is 48.6 Å². The van der Waals surface area contributed by atoms with E-state index in [1.807, 2.05) is 54.7 Å². The van der Waals surface area contributed by atoms with E-state index in [1.165, 1.54) is 4.88 Å². The minimum atomic E-state index is -0.0931. The standard InChI is InChI=1S/C29H31BrN2O2S/c1-5-15-34-24-14-11-19(16-23(24)30)18-31-28-26(27(33)32-21-9-7-6-8-10-21)22-13-12-20(29(2,3)4)17-25(22)35-28/h5-11,14,16,18,20H,1,12-13,15,17H2,2-4H3,(H,32,33)/t20-/m0/s1. The van der Waals surface area contributed by atoms with Crippen LogP contribution in [0.5, 0.6) is 5.75 Å². The molecule has 0 fully saturated rings. The number of ether oxygens (including phenoxy) is 1. The van der Waals surface area contributed by atoms with E-state index in [0.717, 1.165) is 51.3 Å². The highest BCUT2D eigenvalue weighted by Gasteiger charge is 2.33. The first kappa shape index (κ1) is 25.4. The number of carbonyl (C=O) groups is 1. The molecule has 1 amide bonds. The molecule has 0 radical (unpaired) electrons. The molecule has 2 aromatic carbocycles. The maximum absolute atomic E-state index is 13.4. The molecule has 35 heavy (non-hydrogen) atoms. The van der Waals surface area contributed by atoms with E-state index in [9.17, 15) is 4.79 Å². The Morgan fingerprint density at radius 2 is 2.03 bits per heavy atom. The molecular weight excluding hydrogens is 520 g/mol. The number of nitrogens with one attached hydrogen (secondary N) is 1. The Labute approximate surface area is 220 Å². The van der Waals surface area contributed by atoms with Crippen LogP contribution < -0.4 is 10.1 Å². The van der Waals surface area contributed by atoms with Crippen LogP contribution in [0.4, 0.5) is 10.7 Å². The summed E-state index contributed by atoms with van der Waals surface area (Å²) in [5.41, 5.74) is 3.82. The van der Waals surface area contributed by atoms with E-state index in [1.54, 1.807) is 17.4 Å². The van der Waals surface area contributed by atoms with Crippen molar-refractivity contribution in [2.75, 3.05) is 11.9 Å². The van der Waals surface area contributed by atoms with Crippen molar-refractivity contribution in [3.8, 4) is 5.75 Å². The van der Waals surface area contributed by atoms with Crippen LogP contribution in [0.2, 0.25) is 0 Å². The molecule has 0 saturated heterocycles. The molecular formula is C29H31BrN2O2S. The molecule has 0 aliphatic heterocycles. The largest absolute Gasteiger partial charge is 0.488 e. The Hall–Kier alpha value is -2.70. The highest BCUT2D eigenvalue weighted by Crippen LogP contribution is 2.45. The molecule has 1 aliphatic rings. The number of halogens is 1. The smallest absolute Gasteiger partial charge is 0.259 e. The number of fused-ring (bicyclic) bond motifs is 1. The van der Waals surface area contributed by atoms with Crippen LogP contribution >= 0.6 is 27.3 Å². The number of amides is 1. The lowest BCUT2D eigenvalue weighted by Crippen LogP contribution is -2.27. The van der Waals surface area contributed by atoms with Crippen LogP contribution in [0.1, 0.15) is 53.6 Å². The van der Waals surface area contributed by atoms with Crippen molar-refractivity contribution >= 4 is 50.1 Å². The minimum absolute atomic E-state index is 0.0931. The molecule has 3 aromatic rings. The van der Waals surface area contributed by atoms with Crippen LogP contribution in [0, 0.1) is 11.3 Å². The zero-order valence-electron chi connectivity index (χ0n) is 20.4. The highest BCUT2D eigenvalue weighted by molar-refractivity contribution is 9.10. The summed E-state index contributed by atoms with van der Waals surface area (Å²) in [4.78, 5) is 19.6. The van der Waals surface area contributed by atoms with Crippen molar-refractivity contribution in [2.45, 2.75) is 40.0 Å². The van der Waals surface area contributed by atoms with Gasteiger partial charge in [-0.1, -0.05) is 51.6 Å². The third kappa shape index (κ3) is 6.11. The van der Waals surface area contributed by atoms with Gasteiger partial charge in [0.1, 0.15) is 17.4 Å². The van der Waals surface area contributed by atoms with Gasteiger partial charge in [-0.25, -0.2) is 4.99 Å². The predicted molar refractivity (Wildman–Crippen MR) is 151 cm³/mol. The van der Waals surface area contributed by atoms with E-state index < -0.39 is 0 Å². The molecule has 4 nitrogen and oxygen atoms in total. The van der Waals surface area contributed by atoms with Gasteiger partial charge >= 0.3 is 0 Å². The van der Waals surface area contributed by atoms with Gasteiger partial charge in [-0.2, -0.15) is 0 Å². The second kappa shape index (κ2) is 10.9. The van der Waals surface area contributed by atoms with Crippen molar-refractivity contribution in [3.05, 3.63) is 87.2 Å². The van der Waals surface area contributed by atoms with Crippen LogP contribution in [-0.2, 0) is 12.8 Å². The number of thiophene rings is 1. The predicted octanol–water partition coefficient (Wildman–Crippen LogP) is 8.23. The van der Waals surface area contributed by atoms with Crippen molar-refractivity contribution < 1.29 is 9.53 Å². The summed E-state index contributed by atoms with van der Waals surface area (Å²) in [7, 11) is 0. The number of para-hydroxylation sites is 1. The fourth-order valence-corrected chi connectivity index (χ4v) is 6.13. The number of rotatable bonds is 7. The lowest BCUT2D eigenvalue weighted by molar-refractivity contribution is 0.102. The van der Waals surface area contributed by atoms with Crippen LogP contribution in [0.3, 0.4) is 0 Å². The second-order valence-corrected chi connectivity index (χ2v) is 11.8. The molecule has 1 atom stereocenters. The summed E-state index contributed by atoms with van der Waals surface area (Å²) in [5, 5.41) is 3.84. The molecule has 1 aromatic heterocycles. The van der Waals surface area contributed by atoms with Crippen molar-refractivity contribution in [3.63, 3.8) is 0 Å². The van der Waals surface area contributed by atoms with Crippen molar-refractivity contribution in [2.24, 2.45) is 16.3 Å². The normalized spacial score (nSPS) is 15.6. The number of carbonyl (C=O) groups excluding carboxylic acids is 1. The molecule has 1 N–H and O–H groups in total. The third-order valence-corrected chi connectivity index (χ3v) is 8.16. The van der Waals surface area contributed by atoms with E-state index in [-0.39, 0.29) is 11.3 Å². The Kier molecular flexibility index (Phi) is 7.92. The Morgan fingerprint density at radius 1 is 1.26 bits per heavy atom. The molecule has 6 heteroatoms. The molecule has 4 rings (SSSR count). The van der Waals surface area contributed by atoms with Crippen molar-refractivity contribution in [1.82, 2.24) is 0 Å². The van der Waals surface area contributed by atoms with E-state index in [0.29, 0.717) is 18.1 Å². The van der Waals surface area contributed by atoms with Gasteiger partial charge in [-0.3, -0.25) is 4.79 Å². The lowest BCUT2D eigenvalue weighted by atomic mass is 9.72. The molecule has 0 unspecified atom stereocenters. The number of hydrogen-bond donors (Lipinski definition) is 1. The molecule has 0 bridgehead atoms. The van der Waals surface area contributed by atoms with Crippen LogP contribution in [0.15, 0.2) is 70.7 Å². The quantitative estimate of drug-likeness (QED) is 0.238. The summed E-state index contributed by atoms with van der Waals surface area (Å²) in [5.74, 6) is 1.25. The van der Waals surface area contributed by atoms with Crippen LogP contribution in [-0.4, -0.2) is 18.7 Å². The number of nitrogens with zero attached hydrogens (tertiary/aromatic N) is 1. The van der Waals surface area contributed by atoms with Gasteiger partial charge in [-0.05, 0) is 88.0 Å². The van der Waals surface area contributed by atoms with Gasteiger partial charge in [0.2, 0.25) is 0 Å². The number of aliphatic imine (C=N–C) groups is 1. The van der Waals surface area contributed by atoms with E-state index in [4.69, 9.17) is 9.73 Å². The van der Waals surface area contributed by atoms with Gasteiger partial charge in [-0.15, -0.1) is 11.3 Å². The summed E-state index contributed by atoms with van der Waals surface area (Å²) in [6, 6.07) is 15.4. The molecule has 1 aliphatic carbocycles. The highest BCUT2D eigenvalue weighted by atomic mass is 79.9. The fraction of sp³-hybridized carbons (Fsp3) is 0.310. The second-order valence-electron chi connectivity index (χ2n) is 9.86.